The van der Waals surface area contributed by atoms with Crippen LogP contribution in [0, 0.1) is 0 Å². The molecule has 1 amide bonds. The van der Waals surface area contributed by atoms with Crippen molar-refractivity contribution in [2.75, 3.05) is 0 Å². The molecule has 2 N–H and O–H groups in total. The summed E-state index contributed by atoms with van der Waals surface area (Å²) in [5.74, 6) is -0.0617. The minimum absolute atomic E-state index is 0.0617. The van der Waals surface area contributed by atoms with Gasteiger partial charge in [0.2, 0.25) is 0 Å². The number of Topliss-reactive ketones (excluding diaryl/α,β-unsaturated/α-hetero) is 1. The van der Waals surface area contributed by atoms with Crippen molar-refractivity contribution < 1.29 is 19.8 Å². The highest BCUT2D eigenvalue weighted by molar-refractivity contribution is 9.09. The Morgan fingerprint density at radius 2 is 1.57 bits per heavy atom. The van der Waals surface area contributed by atoms with Crippen molar-refractivity contribution in [1.29, 1.82) is 0 Å². The first-order chi connectivity index (χ1) is 13.9. The van der Waals surface area contributed by atoms with Crippen molar-refractivity contribution >= 4 is 27.8 Å². The number of halogens is 1. The summed E-state index contributed by atoms with van der Waals surface area (Å²) in [5, 5.41) is 20.4. The molecule has 0 radical (unpaired) electrons. The van der Waals surface area contributed by atoms with Gasteiger partial charge in [-0.15, -0.1) is 0 Å². The fourth-order valence-electron chi connectivity index (χ4n) is 4.68. The van der Waals surface area contributed by atoms with E-state index in [0.29, 0.717) is 18.4 Å². The second-order valence-electron chi connectivity index (χ2n) is 9.39. The molecular formula is C24H28BrNO4. The van der Waals surface area contributed by atoms with Crippen molar-refractivity contribution in [2.24, 2.45) is 0 Å². The quantitative estimate of drug-likeness (QED) is 0.442. The highest BCUT2D eigenvalue weighted by Gasteiger charge is 2.59. The Labute approximate surface area is 185 Å². The average Bonchev–Trinajstić information content (AvgIpc) is 2.64. The molecule has 30 heavy (non-hydrogen) atoms. The van der Waals surface area contributed by atoms with E-state index in [1.165, 1.54) is 4.90 Å². The molecule has 1 aliphatic carbocycles. The van der Waals surface area contributed by atoms with Gasteiger partial charge >= 0.3 is 6.09 Å². The van der Waals surface area contributed by atoms with E-state index >= 15 is 0 Å². The molecule has 2 aromatic carbocycles. The molecule has 0 heterocycles. The molecule has 1 fully saturated rings. The first-order valence-corrected chi connectivity index (χ1v) is 10.9. The molecule has 0 aromatic heterocycles. The molecule has 0 bridgehead atoms. The van der Waals surface area contributed by atoms with Gasteiger partial charge in [0.25, 0.3) is 0 Å². The fourth-order valence-corrected chi connectivity index (χ4v) is 5.25. The number of hydrogen-bond donors (Lipinski definition) is 2. The standard InChI is InChI=1S/C24H28BrNO4/c1-22(2,3)26(21(28)29)24(14-23(4,30)15-24)18-12-10-17(11-13-18)20(27)19(25)16-8-6-5-7-9-16/h5-13,19,30H,14-15H2,1-4H3,(H,28,29). The molecule has 0 saturated heterocycles. The lowest BCUT2D eigenvalue weighted by Gasteiger charge is -2.60. The van der Waals surface area contributed by atoms with Gasteiger partial charge in [0.05, 0.1) is 11.1 Å². The molecule has 1 saturated carbocycles. The molecule has 5 nitrogen and oxygen atoms in total. The van der Waals surface area contributed by atoms with Crippen LogP contribution in [-0.2, 0) is 5.54 Å². The third-order valence-electron chi connectivity index (χ3n) is 5.67. The van der Waals surface area contributed by atoms with E-state index in [2.05, 4.69) is 15.9 Å². The zero-order valence-electron chi connectivity index (χ0n) is 17.7. The smallest absolute Gasteiger partial charge is 0.408 e. The Balaban J connectivity index is 1.94. The zero-order valence-corrected chi connectivity index (χ0v) is 19.3. The predicted octanol–water partition coefficient (Wildman–Crippen LogP) is 5.52. The van der Waals surface area contributed by atoms with Crippen molar-refractivity contribution in [1.82, 2.24) is 4.90 Å². The number of carbonyl (C=O) groups is 2. The van der Waals surface area contributed by atoms with E-state index in [1.54, 1.807) is 19.1 Å². The third-order valence-corrected chi connectivity index (χ3v) is 6.61. The first kappa shape index (κ1) is 22.5. The maximum Gasteiger partial charge on any atom is 0.408 e. The molecule has 1 aliphatic rings. The lowest BCUT2D eigenvalue weighted by Crippen LogP contribution is -2.67. The number of carboxylic acid groups (broad SMARTS) is 1. The predicted molar refractivity (Wildman–Crippen MR) is 120 cm³/mol. The minimum Gasteiger partial charge on any atom is -0.465 e. The summed E-state index contributed by atoms with van der Waals surface area (Å²) in [6, 6.07) is 16.6. The number of alkyl halides is 1. The monoisotopic (exact) mass is 473 g/mol. The van der Waals surface area contributed by atoms with E-state index in [0.717, 1.165) is 11.1 Å². The SMILES string of the molecule is CC1(O)CC(c2ccc(C(=O)C(Br)c3ccccc3)cc2)(N(C(=O)O)C(C)(C)C)C1. The van der Waals surface area contributed by atoms with Gasteiger partial charge in [-0.25, -0.2) is 4.79 Å². The van der Waals surface area contributed by atoms with Crippen LogP contribution in [0.15, 0.2) is 54.6 Å². The Morgan fingerprint density at radius 3 is 2.00 bits per heavy atom. The normalized spacial score (nSPS) is 24.6. The van der Waals surface area contributed by atoms with Crippen LogP contribution in [0.2, 0.25) is 0 Å². The summed E-state index contributed by atoms with van der Waals surface area (Å²) in [4.78, 5) is 26.1. The van der Waals surface area contributed by atoms with Gasteiger partial charge in [-0.2, -0.15) is 0 Å². The molecule has 0 spiro atoms. The number of ketones is 1. The molecule has 3 rings (SSSR count). The van der Waals surface area contributed by atoms with Gasteiger partial charge in [-0.05, 0) is 38.8 Å². The van der Waals surface area contributed by atoms with Crippen LogP contribution in [0.5, 0.6) is 0 Å². The van der Waals surface area contributed by atoms with Gasteiger partial charge in [-0.3, -0.25) is 9.69 Å². The molecule has 1 atom stereocenters. The largest absolute Gasteiger partial charge is 0.465 e. The number of hydrogen-bond acceptors (Lipinski definition) is 3. The van der Waals surface area contributed by atoms with Crippen molar-refractivity contribution in [3.63, 3.8) is 0 Å². The van der Waals surface area contributed by atoms with Crippen LogP contribution in [0.4, 0.5) is 4.79 Å². The topological polar surface area (TPSA) is 77.8 Å². The fraction of sp³-hybridized carbons (Fsp3) is 0.417. The van der Waals surface area contributed by atoms with E-state index in [-0.39, 0.29) is 5.78 Å². The number of nitrogens with zero attached hydrogens (tertiary/aromatic N) is 1. The van der Waals surface area contributed by atoms with Gasteiger partial charge in [0.15, 0.2) is 5.78 Å². The maximum atomic E-state index is 12.9. The highest BCUT2D eigenvalue weighted by Crippen LogP contribution is 2.54. The summed E-state index contributed by atoms with van der Waals surface area (Å²) < 4.78 is 0. The Morgan fingerprint density at radius 1 is 1.03 bits per heavy atom. The van der Waals surface area contributed by atoms with E-state index in [4.69, 9.17) is 0 Å². The van der Waals surface area contributed by atoms with E-state index in [1.807, 2.05) is 63.2 Å². The van der Waals surface area contributed by atoms with Gasteiger partial charge in [0.1, 0.15) is 4.83 Å². The third kappa shape index (κ3) is 4.16. The molecule has 6 heteroatoms. The average molecular weight is 474 g/mol. The molecular weight excluding hydrogens is 446 g/mol. The van der Waals surface area contributed by atoms with Crippen LogP contribution in [0.1, 0.15) is 66.8 Å². The molecule has 1 unspecified atom stereocenters. The van der Waals surface area contributed by atoms with Crippen molar-refractivity contribution in [3.05, 3.63) is 71.3 Å². The van der Waals surface area contributed by atoms with Crippen LogP contribution in [0.25, 0.3) is 0 Å². The van der Waals surface area contributed by atoms with Crippen LogP contribution >= 0.6 is 15.9 Å². The molecule has 2 aromatic rings. The molecule has 160 valence electrons. The van der Waals surface area contributed by atoms with Crippen molar-refractivity contribution in [3.8, 4) is 0 Å². The first-order valence-electron chi connectivity index (χ1n) is 9.97. The Kier molecular flexibility index (Phi) is 5.87. The summed E-state index contributed by atoms with van der Waals surface area (Å²) in [6.45, 7) is 7.27. The number of amides is 1. The van der Waals surface area contributed by atoms with Crippen LogP contribution < -0.4 is 0 Å². The summed E-state index contributed by atoms with van der Waals surface area (Å²) >= 11 is 3.49. The Hall–Kier alpha value is -2.18. The van der Waals surface area contributed by atoms with Gasteiger partial charge < -0.3 is 10.2 Å². The minimum atomic E-state index is -1.03. The van der Waals surface area contributed by atoms with E-state index < -0.39 is 27.6 Å². The van der Waals surface area contributed by atoms with Gasteiger partial charge in [-0.1, -0.05) is 70.5 Å². The zero-order chi connectivity index (χ0) is 22.3. The highest BCUT2D eigenvalue weighted by atomic mass is 79.9. The second-order valence-corrected chi connectivity index (χ2v) is 10.3. The van der Waals surface area contributed by atoms with Crippen LogP contribution in [-0.4, -0.2) is 38.1 Å². The number of aliphatic hydroxyl groups is 1. The number of benzene rings is 2. The maximum absolute atomic E-state index is 12.9. The lowest BCUT2D eigenvalue weighted by atomic mass is 9.60. The number of carbonyl (C=O) groups excluding carboxylic acids is 1. The van der Waals surface area contributed by atoms with Gasteiger partial charge in [0, 0.05) is 23.9 Å². The Bertz CT molecular complexity index is 924. The summed E-state index contributed by atoms with van der Waals surface area (Å²) in [5.41, 5.74) is -0.199. The lowest BCUT2D eigenvalue weighted by molar-refractivity contribution is -0.152. The number of rotatable bonds is 5. The second kappa shape index (κ2) is 7.82. The van der Waals surface area contributed by atoms with Crippen molar-refractivity contribution in [2.45, 2.75) is 62.0 Å². The summed E-state index contributed by atoms with van der Waals surface area (Å²) in [7, 11) is 0. The molecule has 0 aliphatic heterocycles. The van der Waals surface area contributed by atoms with E-state index in [9.17, 15) is 19.8 Å². The van der Waals surface area contributed by atoms with Crippen LogP contribution in [0.3, 0.4) is 0 Å². The summed E-state index contributed by atoms with van der Waals surface area (Å²) in [6.07, 6.45) is -0.410.